The Kier molecular flexibility index (Phi) is 20.5. The molecule has 0 heterocycles. The second kappa shape index (κ2) is 22.3. The summed E-state index contributed by atoms with van der Waals surface area (Å²) in [4.78, 5) is 46.8. The molecular weight excluding hydrogens is 492 g/mol. The summed E-state index contributed by atoms with van der Waals surface area (Å²) < 4.78 is 21.2. The number of esters is 4. The maximum Gasteiger partial charge on any atom is 0.330 e. The van der Waals surface area contributed by atoms with Gasteiger partial charge in [0.1, 0.15) is 0 Å². The van der Waals surface area contributed by atoms with Gasteiger partial charge in [0.25, 0.3) is 0 Å². The Hall–Kier alpha value is -2.94. The molecule has 0 bridgehead atoms. The van der Waals surface area contributed by atoms with Crippen LogP contribution in [0.5, 0.6) is 0 Å². The maximum atomic E-state index is 11.7. The molecule has 0 saturated carbocycles. The van der Waals surface area contributed by atoms with Gasteiger partial charge in [0.05, 0.1) is 34.5 Å². The van der Waals surface area contributed by atoms with E-state index in [1.165, 1.54) is 24.3 Å². The van der Waals surface area contributed by atoms with Crippen LogP contribution in [0.2, 0.25) is 24.2 Å². The van der Waals surface area contributed by atoms with Gasteiger partial charge in [0, 0.05) is 24.3 Å². The number of carbonyl (C=O) groups excluding carboxylic acids is 4. The van der Waals surface area contributed by atoms with Crippen LogP contribution in [0.3, 0.4) is 0 Å². The fraction of sp³-hybridized carbons (Fsp3) is 0.571. The van der Waals surface area contributed by atoms with Crippen molar-refractivity contribution in [2.45, 2.75) is 77.6 Å². The number of ether oxygens (including phenoxy) is 4. The van der Waals surface area contributed by atoms with E-state index in [2.05, 4.69) is 0 Å². The lowest BCUT2D eigenvalue weighted by atomic mass is 10.5. The lowest BCUT2D eigenvalue weighted by Crippen LogP contribution is -2.35. The average molecular weight is 537 g/mol. The fourth-order valence-corrected chi connectivity index (χ4v) is 9.04. The first kappa shape index (κ1) is 34.1. The predicted octanol–water partition coefficient (Wildman–Crippen LogP) is 5.47. The van der Waals surface area contributed by atoms with Crippen molar-refractivity contribution in [3.05, 3.63) is 48.6 Å². The summed E-state index contributed by atoms with van der Waals surface area (Å²) in [6.45, 7) is 8.31. The number of rotatable bonds is 20. The van der Waals surface area contributed by atoms with Gasteiger partial charge in [0.2, 0.25) is 0 Å². The molecule has 0 radical (unpaired) electrons. The molecule has 0 aromatic heterocycles. The minimum atomic E-state index is -1.99. The highest BCUT2D eigenvalue weighted by atomic mass is 28.3. The van der Waals surface area contributed by atoms with Crippen LogP contribution in [0.25, 0.3) is 0 Å². The largest absolute Gasteiger partial charge is 0.463 e. The summed E-state index contributed by atoms with van der Waals surface area (Å²) in [5.41, 5.74) is 0. The smallest absolute Gasteiger partial charge is 0.330 e. The van der Waals surface area contributed by atoms with Crippen LogP contribution in [0.15, 0.2) is 48.6 Å². The highest BCUT2D eigenvalue weighted by molar-refractivity contribution is 6.79. The van der Waals surface area contributed by atoms with Gasteiger partial charge in [-0.3, -0.25) is 0 Å². The van der Waals surface area contributed by atoms with Gasteiger partial charge < -0.3 is 18.9 Å². The molecule has 0 saturated heterocycles. The van der Waals surface area contributed by atoms with E-state index < -0.39 is 8.07 Å². The third-order valence-corrected chi connectivity index (χ3v) is 11.3. The van der Waals surface area contributed by atoms with Crippen LogP contribution >= 0.6 is 0 Å². The Morgan fingerprint density at radius 3 is 0.865 bits per heavy atom. The number of hydrogen-bond donors (Lipinski definition) is 0. The highest BCUT2D eigenvalue weighted by Gasteiger charge is 2.31. The van der Waals surface area contributed by atoms with Crippen LogP contribution in [-0.4, -0.2) is 58.4 Å². The number of hydrogen-bond acceptors (Lipinski definition) is 8. The molecule has 0 unspecified atom stereocenters. The Labute approximate surface area is 222 Å². The quantitative estimate of drug-likeness (QED) is 0.0663. The molecule has 0 fully saturated rings. The zero-order chi connectivity index (χ0) is 27.8. The standard InChI is InChI=1S/C28H44O8Si/c1-5-13-25(29)33-17-9-21-37(22-10-18-34-26(30)14-6-2,23-11-19-35-27(31)15-7-3)24-12-20-36-28(32)16-8-4/h5-8,13-16H,9-12,17-24H2,1-4H3. The van der Waals surface area contributed by atoms with Crippen molar-refractivity contribution in [1.29, 1.82) is 0 Å². The zero-order valence-electron chi connectivity index (χ0n) is 22.9. The monoisotopic (exact) mass is 536 g/mol. The van der Waals surface area contributed by atoms with E-state index in [0.29, 0.717) is 52.1 Å². The van der Waals surface area contributed by atoms with Gasteiger partial charge in [-0.15, -0.1) is 0 Å². The number of allylic oxidation sites excluding steroid dienone is 4. The van der Waals surface area contributed by atoms with E-state index in [1.807, 2.05) is 0 Å². The van der Waals surface area contributed by atoms with Crippen molar-refractivity contribution in [3.63, 3.8) is 0 Å². The molecule has 208 valence electrons. The molecule has 0 amide bonds. The summed E-state index contributed by atoms with van der Waals surface area (Å²) in [5.74, 6) is -1.45. The normalized spacial score (nSPS) is 13.3. The lowest BCUT2D eigenvalue weighted by molar-refractivity contribution is -0.138. The minimum Gasteiger partial charge on any atom is -0.463 e. The molecule has 0 aromatic carbocycles. The maximum absolute atomic E-state index is 11.7. The summed E-state index contributed by atoms with van der Waals surface area (Å²) >= 11 is 0. The van der Waals surface area contributed by atoms with Gasteiger partial charge in [-0.05, 0) is 53.4 Å². The molecule has 0 rings (SSSR count). The minimum absolute atomic E-state index is 0.320. The van der Waals surface area contributed by atoms with Crippen LogP contribution in [-0.2, 0) is 38.1 Å². The van der Waals surface area contributed by atoms with Crippen molar-refractivity contribution in [2.24, 2.45) is 0 Å². The predicted molar refractivity (Wildman–Crippen MR) is 147 cm³/mol. The molecule has 9 heteroatoms. The van der Waals surface area contributed by atoms with Crippen molar-refractivity contribution in [3.8, 4) is 0 Å². The molecule has 0 aliphatic rings. The van der Waals surface area contributed by atoms with E-state index in [9.17, 15) is 19.2 Å². The second-order valence-electron chi connectivity index (χ2n) is 8.58. The van der Waals surface area contributed by atoms with E-state index in [1.54, 1.807) is 52.0 Å². The van der Waals surface area contributed by atoms with Crippen molar-refractivity contribution < 1.29 is 38.1 Å². The van der Waals surface area contributed by atoms with E-state index >= 15 is 0 Å². The molecule has 0 spiro atoms. The SMILES string of the molecule is CC=CC(=O)OCCC[Si](CCCOC(=O)C=CC)(CCCOC(=O)C=CC)CCCOC(=O)C=CC. The van der Waals surface area contributed by atoms with Crippen LogP contribution in [0, 0.1) is 0 Å². The highest BCUT2D eigenvalue weighted by Crippen LogP contribution is 2.32. The van der Waals surface area contributed by atoms with Crippen LogP contribution in [0.1, 0.15) is 53.4 Å². The Balaban J connectivity index is 5.30. The van der Waals surface area contributed by atoms with E-state index in [4.69, 9.17) is 18.9 Å². The van der Waals surface area contributed by atoms with Gasteiger partial charge in [-0.1, -0.05) is 48.5 Å². The topological polar surface area (TPSA) is 105 Å². The summed E-state index contributed by atoms with van der Waals surface area (Å²) in [5, 5.41) is 0. The van der Waals surface area contributed by atoms with Gasteiger partial charge in [0.15, 0.2) is 0 Å². The Morgan fingerprint density at radius 1 is 0.459 bits per heavy atom. The average Bonchev–Trinajstić information content (AvgIpc) is 2.85. The van der Waals surface area contributed by atoms with Crippen molar-refractivity contribution in [1.82, 2.24) is 0 Å². The van der Waals surface area contributed by atoms with Crippen LogP contribution in [0.4, 0.5) is 0 Å². The molecular formula is C28H44O8Si. The first-order chi connectivity index (χ1) is 17.8. The Morgan fingerprint density at radius 2 is 0.676 bits per heavy atom. The second-order valence-corrected chi connectivity index (χ2v) is 13.6. The molecule has 0 aromatic rings. The van der Waals surface area contributed by atoms with E-state index in [-0.39, 0.29) is 23.9 Å². The van der Waals surface area contributed by atoms with Crippen molar-refractivity contribution in [2.75, 3.05) is 26.4 Å². The molecule has 0 aliphatic heterocycles. The first-order valence-electron chi connectivity index (χ1n) is 13.0. The third-order valence-electron chi connectivity index (χ3n) is 5.59. The lowest BCUT2D eigenvalue weighted by Gasteiger charge is -2.32. The molecule has 0 atom stereocenters. The molecule has 0 aliphatic carbocycles. The third kappa shape index (κ3) is 18.9. The van der Waals surface area contributed by atoms with Crippen molar-refractivity contribution >= 4 is 32.0 Å². The molecule has 37 heavy (non-hydrogen) atoms. The van der Waals surface area contributed by atoms with Crippen LogP contribution < -0.4 is 0 Å². The summed E-state index contributed by atoms with van der Waals surface area (Å²) in [7, 11) is -1.99. The number of carbonyl (C=O) groups is 4. The summed E-state index contributed by atoms with van der Waals surface area (Å²) in [6, 6.07) is 3.57. The van der Waals surface area contributed by atoms with Gasteiger partial charge >= 0.3 is 23.9 Å². The van der Waals surface area contributed by atoms with Gasteiger partial charge in [-0.2, -0.15) is 0 Å². The molecule has 8 nitrogen and oxygen atoms in total. The Bertz CT molecular complexity index is 664. The van der Waals surface area contributed by atoms with E-state index in [0.717, 1.165) is 24.2 Å². The van der Waals surface area contributed by atoms with Gasteiger partial charge in [-0.25, -0.2) is 19.2 Å². The molecule has 0 N–H and O–H groups in total. The fourth-order valence-electron chi connectivity index (χ4n) is 3.97. The first-order valence-corrected chi connectivity index (χ1v) is 15.8. The summed E-state index contributed by atoms with van der Waals surface area (Å²) in [6.07, 6.45) is 15.0. The zero-order valence-corrected chi connectivity index (χ0v) is 23.9.